The van der Waals surface area contributed by atoms with Crippen LogP contribution in [0.1, 0.15) is 38.1 Å². The summed E-state index contributed by atoms with van der Waals surface area (Å²) in [5.41, 5.74) is 1.35. The van der Waals surface area contributed by atoms with Crippen LogP contribution in [0.4, 0.5) is 5.82 Å². The summed E-state index contributed by atoms with van der Waals surface area (Å²) < 4.78 is 3.35. The van der Waals surface area contributed by atoms with Gasteiger partial charge in [-0.2, -0.15) is 5.10 Å². The van der Waals surface area contributed by atoms with E-state index in [0.717, 1.165) is 24.0 Å². The normalized spacial score (nSPS) is 22.3. The molecule has 146 valence electrons. The summed E-state index contributed by atoms with van der Waals surface area (Å²) in [5.74, 6) is 2.17. The average molecular weight is 380 g/mol. The first kappa shape index (κ1) is 17.2. The topological polar surface area (TPSA) is 88.8 Å². The van der Waals surface area contributed by atoms with E-state index in [0.29, 0.717) is 30.0 Å². The molecule has 3 heterocycles. The molecule has 0 amide bonds. The monoisotopic (exact) mass is 380 g/mol. The zero-order valence-corrected chi connectivity index (χ0v) is 16.1. The van der Waals surface area contributed by atoms with Gasteiger partial charge in [0.1, 0.15) is 0 Å². The van der Waals surface area contributed by atoms with E-state index < -0.39 is 0 Å². The van der Waals surface area contributed by atoms with Crippen LogP contribution in [0.25, 0.3) is 11.0 Å². The third-order valence-corrected chi connectivity index (χ3v) is 6.27. The molecule has 1 saturated heterocycles. The number of H-pyrrole nitrogens is 1. The Balaban J connectivity index is 1.69. The minimum absolute atomic E-state index is 0.0804. The van der Waals surface area contributed by atoms with Crippen molar-refractivity contribution < 1.29 is 0 Å². The van der Waals surface area contributed by atoms with Crippen LogP contribution in [-0.2, 0) is 13.6 Å². The number of aryl methyl sites for hydroxylation is 1. The number of anilines is 1. The molecule has 0 spiro atoms. The van der Waals surface area contributed by atoms with E-state index >= 15 is 0 Å². The molecule has 1 aliphatic carbocycles. The maximum Gasteiger partial charge on any atom is 0.343 e. The minimum Gasteiger partial charge on any atom is -0.341 e. The van der Waals surface area contributed by atoms with Crippen LogP contribution < -0.4 is 16.1 Å². The molecule has 2 fully saturated rings. The summed E-state index contributed by atoms with van der Waals surface area (Å²) in [7, 11) is 1.74. The number of para-hydroxylation sites is 2. The maximum atomic E-state index is 13.3. The van der Waals surface area contributed by atoms with Crippen molar-refractivity contribution in [3.63, 3.8) is 0 Å². The van der Waals surface area contributed by atoms with Crippen molar-refractivity contribution in [3.05, 3.63) is 50.9 Å². The second-order valence-corrected chi connectivity index (χ2v) is 7.85. The van der Waals surface area contributed by atoms with Gasteiger partial charge in [0.2, 0.25) is 0 Å². The predicted molar refractivity (Wildman–Crippen MR) is 106 cm³/mol. The number of benzene rings is 1. The van der Waals surface area contributed by atoms with Crippen molar-refractivity contribution in [1.29, 1.82) is 0 Å². The highest BCUT2D eigenvalue weighted by Gasteiger charge is 2.47. The second-order valence-electron chi connectivity index (χ2n) is 7.85. The molecular formula is C20H24N6O2. The molecule has 1 aromatic carbocycles. The lowest BCUT2D eigenvalue weighted by atomic mass is 9.94. The number of rotatable bonds is 4. The summed E-state index contributed by atoms with van der Waals surface area (Å²) >= 11 is 0. The lowest BCUT2D eigenvalue weighted by Gasteiger charge is -2.28. The van der Waals surface area contributed by atoms with Gasteiger partial charge in [-0.05, 0) is 50.2 Å². The molecule has 1 saturated carbocycles. The Hall–Kier alpha value is -2.90. The number of aromatic amines is 1. The van der Waals surface area contributed by atoms with Gasteiger partial charge in [-0.25, -0.2) is 14.9 Å². The maximum absolute atomic E-state index is 13.3. The molecule has 3 aromatic rings. The third kappa shape index (κ3) is 2.51. The smallest absolute Gasteiger partial charge is 0.341 e. The van der Waals surface area contributed by atoms with E-state index in [4.69, 9.17) is 4.98 Å². The Labute approximate surface area is 161 Å². The number of hydrogen-bond donors (Lipinski definition) is 1. The van der Waals surface area contributed by atoms with Gasteiger partial charge in [-0.15, -0.1) is 0 Å². The van der Waals surface area contributed by atoms with E-state index in [-0.39, 0.29) is 17.3 Å². The Bertz CT molecular complexity index is 1160. The van der Waals surface area contributed by atoms with Crippen LogP contribution in [0.15, 0.2) is 33.9 Å². The third-order valence-electron chi connectivity index (χ3n) is 6.27. The quantitative estimate of drug-likeness (QED) is 0.746. The average Bonchev–Trinajstić information content (AvgIpc) is 3.38. The van der Waals surface area contributed by atoms with E-state index in [2.05, 4.69) is 15.1 Å². The molecule has 2 aliphatic rings. The first-order valence-electron chi connectivity index (χ1n) is 9.97. The molecule has 8 nitrogen and oxygen atoms in total. The lowest BCUT2D eigenvalue weighted by molar-refractivity contribution is 0.405. The van der Waals surface area contributed by atoms with Gasteiger partial charge in [-0.3, -0.25) is 9.36 Å². The fourth-order valence-corrected chi connectivity index (χ4v) is 4.71. The largest absolute Gasteiger partial charge is 0.343 e. The Morgan fingerprint density at radius 2 is 1.96 bits per heavy atom. The zero-order valence-electron chi connectivity index (χ0n) is 16.1. The van der Waals surface area contributed by atoms with Crippen molar-refractivity contribution in [2.45, 2.75) is 38.8 Å². The molecule has 2 unspecified atom stereocenters. The van der Waals surface area contributed by atoms with Gasteiger partial charge in [0.05, 0.1) is 17.1 Å². The van der Waals surface area contributed by atoms with Crippen molar-refractivity contribution in [2.75, 3.05) is 11.4 Å². The summed E-state index contributed by atoms with van der Waals surface area (Å²) in [6, 6.07) is 7.63. The fraction of sp³-hybridized carbons (Fsp3) is 0.500. The van der Waals surface area contributed by atoms with Gasteiger partial charge < -0.3 is 9.47 Å². The summed E-state index contributed by atoms with van der Waals surface area (Å²) in [4.78, 5) is 32.2. The number of nitrogens with zero attached hydrogens (tertiary/aromatic N) is 5. The summed E-state index contributed by atoms with van der Waals surface area (Å²) in [6.07, 6.45) is 3.39. The Kier molecular flexibility index (Phi) is 3.89. The summed E-state index contributed by atoms with van der Waals surface area (Å²) in [5, 5.41) is 6.87. The van der Waals surface area contributed by atoms with E-state index in [1.807, 2.05) is 31.2 Å². The van der Waals surface area contributed by atoms with Crippen LogP contribution in [0.5, 0.6) is 0 Å². The standard InChI is InChI=1S/C20H24N6O2/c1-3-25-15-7-5-4-6-14(15)21-18(19(25)27)26-11-10-13(12-8-9-12)16(26)17-22-23-20(28)24(17)2/h4-7,12-13,16H,3,8-11H2,1-2H3,(H,23,28). The molecule has 0 bridgehead atoms. The minimum atomic E-state index is -0.228. The van der Waals surface area contributed by atoms with E-state index in [1.165, 1.54) is 12.8 Å². The first-order valence-corrected chi connectivity index (χ1v) is 9.97. The number of aromatic nitrogens is 5. The molecule has 2 atom stereocenters. The lowest BCUT2D eigenvalue weighted by Crippen LogP contribution is -2.36. The summed E-state index contributed by atoms with van der Waals surface area (Å²) in [6.45, 7) is 3.31. The van der Waals surface area contributed by atoms with Crippen molar-refractivity contribution >= 4 is 16.9 Å². The molecule has 2 aromatic heterocycles. The SMILES string of the molecule is CCn1c(=O)c(N2CCC(C3CC3)C2c2n[nH]c(=O)n2C)nc2ccccc21. The fourth-order valence-electron chi connectivity index (χ4n) is 4.71. The number of nitrogens with one attached hydrogen (secondary N) is 1. The molecule has 5 rings (SSSR count). The van der Waals surface area contributed by atoms with E-state index in [1.54, 1.807) is 16.2 Å². The van der Waals surface area contributed by atoms with Gasteiger partial charge in [0.25, 0.3) is 5.56 Å². The van der Waals surface area contributed by atoms with Gasteiger partial charge in [0.15, 0.2) is 11.6 Å². The predicted octanol–water partition coefficient (Wildman–Crippen LogP) is 1.82. The highest BCUT2D eigenvalue weighted by molar-refractivity contribution is 5.76. The van der Waals surface area contributed by atoms with Crippen molar-refractivity contribution in [2.24, 2.45) is 18.9 Å². The van der Waals surface area contributed by atoms with Crippen LogP contribution in [0.3, 0.4) is 0 Å². The molecular weight excluding hydrogens is 356 g/mol. The second kappa shape index (κ2) is 6.32. The highest BCUT2D eigenvalue weighted by Crippen LogP contribution is 2.50. The Morgan fingerprint density at radius 3 is 2.64 bits per heavy atom. The van der Waals surface area contributed by atoms with Crippen LogP contribution in [-0.4, -0.2) is 30.9 Å². The molecule has 28 heavy (non-hydrogen) atoms. The van der Waals surface area contributed by atoms with E-state index in [9.17, 15) is 9.59 Å². The van der Waals surface area contributed by atoms with Crippen molar-refractivity contribution in [3.8, 4) is 0 Å². The first-order chi connectivity index (χ1) is 13.6. The van der Waals surface area contributed by atoms with Crippen LogP contribution in [0.2, 0.25) is 0 Å². The van der Waals surface area contributed by atoms with Crippen LogP contribution >= 0.6 is 0 Å². The van der Waals surface area contributed by atoms with Crippen molar-refractivity contribution in [1.82, 2.24) is 24.3 Å². The van der Waals surface area contributed by atoms with Gasteiger partial charge >= 0.3 is 5.69 Å². The molecule has 8 heteroatoms. The van der Waals surface area contributed by atoms with Crippen LogP contribution in [0, 0.1) is 11.8 Å². The van der Waals surface area contributed by atoms with Gasteiger partial charge in [0, 0.05) is 20.1 Å². The molecule has 1 aliphatic heterocycles. The number of hydrogen-bond acceptors (Lipinski definition) is 5. The molecule has 0 radical (unpaired) electrons. The molecule has 1 N–H and O–H groups in total. The van der Waals surface area contributed by atoms with Gasteiger partial charge in [-0.1, -0.05) is 12.1 Å². The number of fused-ring (bicyclic) bond motifs is 1. The Morgan fingerprint density at radius 1 is 1.18 bits per heavy atom. The highest BCUT2D eigenvalue weighted by atomic mass is 16.2. The zero-order chi connectivity index (χ0) is 19.4.